The van der Waals surface area contributed by atoms with Gasteiger partial charge in [0.05, 0.1) is 0 Å². The minimum Gasteiger partial charge on any atom is -0.351 e. The monoisotopic (exact) mass is 321 g/mol. The number of carbonyl (C=O) groups excluding carboxylic acids is 1. The summed E-state index contributed by atoms with van der Waals surface area (Å²) in [6, 6.07) is 18.5. The zero-order valence-corrected chi connectivity index (χ0v) is 14.5. The molecule has 126 valence electrons. The lowest BCUT2D eigenvalue weighted by Crippen LogP contribution is -2.32. The maximum Gasteiger partial charge on any atom is 0.251 e. The molecule has 1 amide bonds. The minimum absolute atomic E-state index is 0.0340. The number of amides is 1. The number of rotatable bonds is 5. The molecule has 0 heterocycles. The van der Waals surface area contributed by atoms with Crippen LogP contribution in [0.15, 0.2) is 54.6 Å². The number of hydrogen-bond acceptors (Lipinski definition) is 1. The summed E-state index contributed by atoms with van der Waals surface area (Å²) in [5, 5.41) is 3.18. The number of aryl methyl sites for hydroxylation is 1. The molecule has 1 saturated carbocycles. The first kappa shape index (κ1) is 16.8. The van der Waals surface area contributed by atoms with Crippen LogP contribution in [-0.2, 0) is 0 Å². The normalized spacial score (nSPS) is 16.5. The highest BCUT2D eigenvalue weighted by atomic mass is 16.1. The fourth-order valence-corrected chi connectivity index (χ4v) is 3.80. The van der Waals surface area contributed by atoms with E-state index < -0.39 is 0 Å². The molecule has 0 bridgehead atoms. The maximum absolute atomic E-state index is 12.5. The molecule has 2 aromatic rings. The number of carbonyl (C=O) groups is 1. The summed E-state index contributed by atoms with van der Waals surface area (Å²) in [5.41, 5.74) is 3.28. The van der Waals surface area contributed by atoms with Crippen molar-refractivity contribution in [1.82, 2.24) is 5.32 Å². The van der Waals surface area contributed by atoms with E-state index in [-0.39, 0.29) is 5.91 Å². The van der Waals surface area contributed by atoms with Gasteiger partial charge in [-0.15, -0.1) is 0 Å². The van der Waals surface area contributed by atoms with Crippen LogP contribution >= 0.6 is 0 Å². The molecule has 0 aromatic heterocycles. The van der Waals surface area contributed by atoms with Gasteiger partial charge in [-0.1, -0.05) is 67.3 Å². The van der Waals surface area contributed by atoms with Crippen molar-refractivity contribution in [1.29, 1.82) is 0 Å². The number of benzene rings is 2. The van der Waals surface area contributed by atoms with E-state index in [1.54, 1.807) is 0 Å². The van der Waals surface area contributed by atoms with Crippen molar-refractivity contribution in [2.24, 2.45) is 5.92 Å². The third kappa shape index (κ3) is 4.25. The second kappa shape index (κ2) is 8.14. The van der Waals surface area contributed by atoms with Crippen LogP contribution in [0.1, 0.15) is 59.5 Å². The van der Waals surface area contributed by atoms with Gasteiger partial charge < -0.3 is 5.32 Å². The summed E-state index contributed by atoms with van der Waals surface area (Å²) in [6.07, 6.45) is 6.55. The molecular weight excluding hydrogens is 294 g/mol. The van der Waals surface area contributed by atoms with Crippen LogP contribution in [0.25, 0.3) is 0 Å². The molecule has 3 rings (SSSR count). The van der Waals surface area contributed by atoms with Gasteiger partial charge in [0.15, 0.2) is 0 Å². The molecule has 1 aliphatic carbocycles. The Kier molecular flexibility index (Phi) is 5.68. The lowest BCUT2D eigenvalue weighted by Gasteiger charge is -2.31. The third-order valence-electron chi connectivity index (χ3n) is 5.24. The van der Waals surface area contributed by atoms with Crippen molar-refractivity contribution in [2.45, 2.75) is 44.9 Å². The standard InChI is InChI=1S/C22H27NO/c1-17-12-14-20(15-13-17)22(24)23-16-21(18-8-4-2-5-9-18)19-10-6-3-7-11-19/h2,4-5,8-9,12-15,19,21H,3,6-7,10-11,16H2,1H3,(H,23,24)/t21-/m1/s1. The molecule has 1 atom stereocenters. The molecular formula is C22H27NO. The Morgan fingerprint density at radius 2 is 1.67 bits per heavy atom. The summed E-state index contributed by atoms with van der Waals surface area (Å²) in [7, 11) is 0. The van der Waals surface area contributed by atoms with Crippen LogP contribution in [0.4, 0.5) is 0 Å². The number of nitrogens with one attached hydrogen (secondary N) is 1. The fraction of sp³-hybridized carbons (Fsp3) is 0.409. The van der Waals surface area contributed by atoms with Crippen molar-refractivity contribution in [2.75, 3.05) is 6.54 Å². The molecule has 2 heteroatoms. The Morgan fingerprint density at radius 1 is 1.00 bits per heavy atom. The minimum atomic E-state index is 0.0340. The van der Waals surface area contributed by atoms with Gasteiger partial charge in [0, 0.05) is 18.0 Å². The first-order valence-electron chi connectivity index (χ1n) is 9.14. The molecule has 1 N–H and O–H groups in total. The molecule has 24 heavy (non-hydrogen) atoms. The quantitative estimate of drug-likeness (QED) is 0.816. The molecule has 0 spiro atoms. The SMILES string of the molecule is Cc1ccc(C(=O)NC[C@H](c2ccccc2)C2CCCCC2)cc1. The molecule has 2 nitrogen and oxygen atoms in total. The fourth-order valence-electron chi connectivity index (χ4n) is 3.80. The van der Waals surface area contributed by atoms with E-state index in [0.717, 1.165) is 12.1 Å². The lowest BCUT2D eigenvalue weighted by molar-refractivity contribution is 0.0946. The first-order chi connectivity index (χ1) is 11.7. The van der Waals surface area contributed by atoms with Gasteiger partial charge >= 0.3 is 0 Å². The second-order valence-corrected chi connectivity index (χ2v) is 6.99. The van der Waals surface area contributed by atoms with E-state index in [0.29, 0.717) is 11.8 Å². The average molecular weight is 321 g/mol. The predicted molar refractivity (Wildman–Crippen MR) is 99.3 cm³/mol. The Hall–Kier alpha value is -2.09. The first-order valence-corrected chi connectivity index (χ1v) is 9.14. The van der Waals surface area contributed by atoms with Crippen LogP contribution in [0.2, 0.25) is 0 Å². The largest absolute Gasteiger partial charge is 0.351 e. The topological polar surface area (TPSA) is 29.1 Å². The van der Waals surface area contributed by atoms with E-state index >= 15 is 0 Å². The van der Waals surface area contributed by atoms with Crippen molar-refractivity contribution >= 4 is 5.91 Å². The van der Waals surface area contributed by atoms with E-state index in [1.807, 2.05) is 31.2 Å². The summed E-state index contributed by atoms with van der Waals surface area (Å²) in [6.45, 7) is 2.76. The van der Waals surface area contributed by atoms with Gasteiger partial charge in [-0.2, -0.15) is 0 Å². The van der Waals surface area contributed by atoms with Gasteiger partial charge in [0.25, 0.3) is 5.91 Å². The Balaban J connectivity index is 1.69. The second-order valence-electron chi connectivity index (χ2n) is 6.99. The predicted octanol–water partition coefficient (Wildman–Crippen LogP) is 5.09. The van der Waals surface area contributed by atoms with Crippen molar-refractivity contribution in [3.8, 4) is 0 Å². The Morgan fingerprint density at radius 3 is 2.33 bits per heavy atom. The highest BCUT2D eigenvalue weighted by molar-refractivity contribution is 5.94. The Labute approximate surface area is 145 Å². The van der Waals surface area contributed by atoms with Crippen molar-refractivity contribution < 1.29 is 4.79 Å². The van der Waals surface area contributed by atoms with Gasteiger partial charge in [0.1, 0.15) is 0 Å². The Bertz CT molecular complexity index is 641. The van der Waals surface area contributed by atoms with Crippen LogP contribution in [0, 0.1) is 12.8 Å². The van der Waals surface area contributed by atoms with Crippen LogP contribution in [0.3, 0.4) is 0 Å². The van der Waals surface area contributed by atoms with Crippen molar-refractivity contribution in [3.05, 3.63) is 71.3 Å². The van der Waals surface area contributed by atoms with E-state index in [1.165, 1.54) is 43.2 Å². The van der Waals surface area contributed by atoms with E-state index in [9.17, 15) is 4.79 Å². The molecule has 2 aromatic carbocycles. The zero-order valence-electron chi connectivity index (χ0n) is 14.5. The van der Waals surface area contributed by atoms with Gasteiger partial charge in [0.2, 0.25) is 0 Å². The molecule has 0 radical (unpaired) electrons. The van der Waals surface area contributed by atoms with E-state index in [4.69, 9.17) is 0 Å². The summed E-state index contributed by atoms with van der Waals surface area (Å²) in [4.78, 5) is 12.5. The van der Waals surface area contributed by atoms with Gasteiger partial charge in [-0.05, 0) is 43.4 Å². The summed E-state index contributed by atoms with van der Waals surface area (Å²) >= 11 is 0. The highest BCUT2D eigenvalue weighted by Gasteiger charge is 2.25. The van der Waals surface area contributed by atoms with Crippen molar-refractivity contribution in [3.63, 3.8) is 0 Å². The van der Waals surface area contributed by atoms with Gasteiger partial charge in [-0.3, -0.25) is 4.79 Å². The lowest BCUT2D eigenvalue weighted by atomic mass is 9.76. The highest BCUT2D eigenvalue weighted by Crippen LogP contribution is 2.35. The van der Waals surface area contributed by atoms with Crippen LogP contribution in [0.5, 0.6) is 0 Å². The van der Waals surface area contributed by atoms with Gasteiger partial charge in [-0.25, -0.2) is 0 Å². The molecule has 0 aliphatic heterocycles. The summed E-state index contributed by atoms with van der Waals surface area (Å²) < 4.78 is 0. The summed E-state index contributed by atoms with van der Waals surface area (Å²) in [5.74, 6) is 1.13. The maximum atomic E-state index is 12.5. The molecule has 1 fully saturated rings. The van der Waals surface area contributed by atoms with Crippen LogP contribution < -0.4 is 5.32 Å². The van der Waals surface area contributed by atoms with Crippen LogP contribution in [-0.4, -0.2) is 12.5 Å². The molecule has 1 aliphatic rings. The zero-order chi connectivity index (χ0) is 16.8. The average Bonchev–Trinajstić information content (AvgIpc) is 2.64. The molecule has 0 saturated heterocycles. The third-order valence-corrected chi connectivity index (χ3v) is 5.24. The molecule has 0 unspecified atom stereocenters. The smallest absolute Gasteiger partial charge is 0.251 e. The van der Waals surface area contributed by atoms with E-state index in [2.05, 4.69) is 35.6 Å². The number of hydrogen-bond donors (Lipinski definition) is 1.